The maximum Gasteiger partial charge on any atom is 0.253 e. The van der Waals surface area contributed by atoms with E-state index >= 15 is 0 Å². The molecule has 0 unspecified atom stereocenters. The zero-order chi connectivity index (χ0) is 13.7. The molecule has 0 atom stereocenters. The molecule has 2 N–H and O–H groups in total. The molecule has 0 bridgehead atoms. The summed E-state index contributed by atoms with van der Waals surface area (Å²) in [6, 6.07) is 15.7. The van der Waals surface area contributed by atoms with Gasteiger partial charge in [0.1, 0.15) is 0 Å². The van der Waals surface area contributed by atoms with Gasteiger partial charge in [-0.15, -0.1) is 0 Å². The fourth-order valence-electron chi connectivity index (χ4n) is 1.94. The standard InChI is InChI=1S/C16H18N2O/c1-12-8-9-15(17-2)14(10-12)16(19)18-11-13-6-4-3-5-7-13/h3-10,17H,11H2,1-2H3,(H,18,19). The van der Waals surface area contributed by atoms with Crippen LogP contribution in [0.15, 0.2) is 48.5 Å². The first-order valence-corrected chi connectivity index (χ1v) is 6.31. The van der Waals surface area contributed by atoms with Gasteiger partial charge in [-0.2, -0.15) is 0 Å². The monoisotopic (exact) mass is 254 g/mol. The summed E-state index contributed by atoms with van der Waals surface area (Å²) in [5.41, 5.74) is 3.69. The Morgan fingerprint density at radius 1 is 1.11 bits per heavy atom. The molecule has 0 spiro atoms. The van der Waals surface area contributed by atoms with E-state index in [1.807, 2.05) is 62.5 Å². The van der Waals surface area contributed by atoms with Crippen molar-refractivity contribution in [3.8, 4) is 0 Å². The lowest BCUT2D eigenvalue weighted by Crippen LogP contribution is -2.23. The van der Waals surface area contributed by atoms with Crippen molar-refractivity contribution < 1.29 is 4.79 Å². The maximum absolute atomic E-state index is 12.2. The molecule has 1 amide bonds. The number of hydrogen-bond acceptors (Lipinski definition) is 2. The zero-order valence-electron chi connectivity index (χ0n) is 11.2. The minimum atomic E-state index is -0.0584. The van der Waals surface area contributed by atoms with E-state index in [1.54, 1.807) is 0 Å². The van der Waals surface area contributed by atoms with E-state index < -0.39 is 0 Å². The first-order valence-electron chi connectivity index (χ1n) is 6.31. The van der Waals surface area contributed by atoms with Crippen molar-refractivity contribution in [1.29, 1.82) is 0 Å². The third-order valence-electron chi connectivity index (χ3n) is 2.98. The predicted molar refractivity (Wildman–Crippen MR) is 78.3 cm³/mol. The second-order valence-corrected chi connectivity index (χ2v) is 4.47. The molecular formula is C16H18N2O. The molecule has 19 heavy (non-hydrogen) atoms. The summed E-state index contributed by atoms with van der Waals surface area (Å²) in [5.74, 6) is -0.0584. The van der Waals surface area contributed by atoms with Crippen LogP contribution in [0.25, 0.3) is 0 Å². The average molecular weight is 254 g/mol. The molecule has 0 heterocycles. The molecule has 0 aliphatic carbocycles. The number of benzene rings is 2. The van der Waals surface area contributed by atoms with Gasteiger partial charge in [0.2, 0.25) is 0 Å². The third-order valence-corrected chi connectivity index (χ3v) is 2.98. The largest absolute Gasteiger partial charge is 0.387 e. The van der Waals surface area contributed by atoms with Crippen LogP contribution in [0, 0.1) is 6.92 Å². The Morgan fingerprint density at radius 3 is 2.53 bits per heavy atom. The minimum absolute atomic E-state index is 0.0584. The van der Waals surface area contributed by atoms with E-state index in [0.29, 0.717) is 12.1 Å². The van der Waals surface area contributed by atoms with Crippen molar-refractivity contribution >= 4 is 11.6 Å². The van der Waals surface area contributed by atoms with Crippen LogP contribution in [-0.2, 0) is 6.54 Å². The van der Waals surface area contributed by atoms with E-state index in [1.165, 1.54) is 0 Å². The number of hydrogen-bond donors (Lipinski definition) is 2. The molecule has 2 aromatic rings. The van der Waals surface area contributed by atoms with Crippen molar-refractivity contribution in [2.24, 2.45) is 0 Å². The quantitative estimate of drug-likeness (QED) is 0.880. The SMILES string of the molecule is CNc1ccc(C)cc1C(=O)NCc1ccccc1. The average Bonchev–Trinajstić information content (AvgIpc) is 2.46. The highest BCUT2D eigenvalue weighted by molar-refractivity contribution is 5.99. The predicted octanol–water partition coefficient (Wildman–Crippen LogP) is 2.97. The highest BCUT2D eigenvalue weighted by Crippen LogP contribution is 2.16. The number of nitrogens with one attached hydrogen (secondary N) is 2. The molecule has 0 saturated carbocycles. The van der Waals surface area contributed by atoms with Gasteiger partial charge in [-0.1, -0.05) is 42.0 Å². The molecule has 0 aliphatic heterocycles. The van der Waals surface area contributed by atoms with Crippen LogP contribution >= 0.6 is 0 Å². The van der Waals surface area contributed by atoms with E-state index in [0.717, 1.165) is 16.8 Å². The summed E-state index contributed by atoms with van der Waals surface area (Å²) in [5, 5.41) is 5.98. The van der Waals surface area contributed by atoms with Gasteiger partial charge in [0.05, 0.1) is 5.56 Å². The molecule has 3 nitrogen and oxygen atoms in total. The Kier molecular flexibility index (Phi) is 4.18. The molecule has 0 saturated heterocycles. The Balaban J connectivity index is 2.10. The lowest BCUT2D eigenvalue weighted by molar-refractivity contribution is 0.0951. The maximum atomic E-state index is 12.2. The minimum Gasteiger partial charge on any atom is -0.387 e. The van der Waals surface area contributed by atoms with Crippen LogP contribution in [0.4, 0.5) is 5.69 Å². The molecule has 2 rings (SSSR count). The van der Waals surface area contributed by atoms with Crippen LogP contribution in [-0.4, -0.2) is 13.0 Å². The Hall–Kier alpha value is -2.29. The lowest BCUT2D eigenvalue weighted by Gasteiger charge is -2.10. The summed E-state index contributed by atoms with van der Waals surface area (Å²) in [6.45, 7) is 2.52. The van der Waals surface area contributed by atoms with Crippen LogP contribution in [0.5, 0.6) is 0 Å². The van der Waals surface area contributed by atoms with E-state index in [9.17, 15) is 4.79 Å². The molecule has 0 fully saturated rings. The normalized spacial score (nSPS) is 10.0. The van der Waals surface area contributed by atoms with Gasteiger partial charge in [-0.05, 0) is 24.6 Å². The number of amides is 1. The van der Waals surface area contributed by atoms with Gasteiger partial charge < -0.3 is 10.6 Å². The van der Waals surface area contributed by atoms with Crippen molar-refractivity contribution in [3.63, 3.8) is 0 Å². The van der Waals surface area contributed by atoms with E-state index in [-0.39, 0.29) is 5.91 Å². The molecular weight excluding hydrogens is 236 g/mol. The number of anilines is 1. The lowest BCUT2D eigenvalue weighted by atomic mass is 10.1. The topological polar surface area (TPSA) is 41.1 Å². The van der Waals surface area contributed by atoms with Gasteiger partial charge in [-0.3, -0.25) is 4.79 Å². The van der Waals surface area contributed by atoms with Gasteiger partial charge in [-0.25, -0.2) is 0 Å². The van der Waals surface area contributed by atoms with E-state index in [2.05, 4.69) is 10.6 Å². The molecule has 0 radical (unpaired) electrons. The number of carbonyl (C=O) groups is 1. The summed E-state index contributed by atoms with van der Waals surface area (Å²) in [6.07, 6.45) is 0. The van der Waals surface area contributed by atoms with Crippen molar-refractivity contribution in [2.75, 3.05) is 12.4 Å². The van der Waals surface area contributed by atoms with Gasteiger partial charge in [0.15, 0.2) is 0 Å². The molecule has 3 heteroatoms. The summed E-state index contributed by atoms with van der Waals surface area (Å²) < 4.78 is 0. The zero-order valence-corrected chi connectivity index (χ0v) is 11.2. The first-order chi connectivity index (χ1) is 9.20. The number of aryl methyl sites for hydroxylation is 1. The third kappa shape index (κ3) is 3.35. The van der Waals surface area contributed by atoms with Crippen LogP contribution < -0.4 is 10.6 Å². The van der Waals surface area contributed by atoms with Gasteiger partial charge in [0.25, 0.3) is 5.91 Å². The van der Waals surface area contributed by atoms with Gasteiger partial charge in [0, 0.05) is 19.3 Å². The smallest absolute Gasteiger partial charge is 0.253 e. The highest BCUT2D eigenvalue weighted by atomic mass is 16.1. The fourth-order valence-corrected chi connectivity index (χ4v) is 1.94. The molecule has 0 aliphatic rings. The Bertz CT molecular complexity index is 564. The fraction of sp³-hybridized carbons (Fsp3) is 0.188. The van der Waals surface area contributed by atoms with Crippen molar-refractivity contribution in [1.82, 2.24) is 5.32 Å². The highest BCUT2D eigenvalue weighted by Gasteiger charge is 2.10. The second kappa shape index (κ2) is 6.05. The first kappa shape index (κ1) is 13.1. The number of rotatable bonds is 4. The molecule has 2 aromatic carbocycles. The summed E-state index contributed by atoms with van der Waals surface area (Å²) in [4.78, 5) is 12.2. The van der Waals surface area contributed by atoms with Crippen LogP contribution in [0.3, 0.4) is 0 Å². The second-order valence-electron chi connectivity index (χ2n) is 4.47. The Morgan fingerprint density at radius 2 is 1.84 bits per heavy atom. The van der Waals surface area contributed by atoms with Crippen LogP contribution in [0.1, 0.15) is 21.5 Å². The van der Waals surface area contributed by atoms with Crippen LogP contribution in [0.2, 0.25) is 0 Å². The molecule has 98 valence electrons. The van der Waals surface area contributed by atoms with Crippen molar-refractivity contribution in [2.45, 2.75) is 13.5 Å². The van der Waals surface area contributed by atoms with Gasteiger partial charge >= 0.3 is 0 Å². The van der Waals surface area contributed by atoms with E-state index in [4.69, 9.17) is 0 Å². The molecule has 0 aromatic heterocycles. The van der Waals surface area contributed by atoms with Crippen molar-refractivity contribution in [3.05, 3.63) is 65.2 Å². The summed E-state index contributed by atoms with van der Waals surface area (Å²) in [7, 11) is 1.82. The number of carbonyl (C=O) groups excluding carboxylic acids is 1. The Labute approximate surface area is 113 Å². The summed E-state index contributed by atoms with van der Waals surface area (Å²) >= 11 is 0.